The smallest absolute Gasteiger partial charge is 0.303 e. The molecule has 0 atom stereocenters. The highest BCUT2D eigenvalue weighted by atomic mass is 16.4. The van der Waals surface area contributed by atoms with E-state index in [2.05, 4.69) is 6.92 Å². The van der Waals surface area contributed by atoms with Crippen molar-refractivity contribution in [2.75, 3.05) is 0 Å². The molecule has 0 aliphatic rings. The van der Waals surface area contributed by atoms with E-state index in [1.165, 1.54) is 5.56 Å². The average molecular weight is 262 g/mol. The number of carbonyl (C=O) groups is 2. The highest BCUT2D eigenvalue weighted by molar-refractivity contribution is 5.96. The minimum atomic E-state index is -0.766. The number of carboxylic acid groups (broad SMARTS) is 1. The summed E-state index contributed by atoms with van der Waals surface area (Å²) in [5, 5.41) is 8.50. The highest BCUT2D eigenvalue weighted by Gasteiger charge is 2.05. The molecule has 0 spiro atoms. The Labute approximate surface area is 114 Å². The predicted octanol–water partition coefficient (Wildman–Crippen LogP) is 3.86. The van der Waals surface area contributed by atoms with Crippen molar-refractivity contribution in [3.8, 4) is 0 Å². The fourth-order valence-corrected chi connectivity index (χ4v) is 2.03. The fourth-order valence-electron chi connectivity index (χ4n) is 2.03. The van der Waals surface area contributed by atoms with Crippen LogP contribution in [0.4, 0.5) is 0 Å². The third-order valence-electron chi connectivity index (χ3n) is 3.11. The lowest BCUT2D eigenvalue weighted by Crippen LogP contribution is -2.00. The largest absolute Gasteiger partial charge is 0.481 e. The maximum absolute atomic E-state index is 11.9. The summed E-state index contributed by atoms with van der Waals surface area (Å²) in [4.78, 5) is 22.2. The minimum absolute atomic E-state index is 0.151. The second-order valence-electron chi connectivity index (χ2n) is 4.82. The van der Waals surface area contributed by atoms with Gasteiger partial charge in [0.2, 0.25) is 0 Å². The maximum Gasteiger partial charge on any atom is 0.303 e. The Kier molecular flexibility index (Phi) is 6.86. The molecule has 0 saturated carbocycles. The van der Waals surface area contributed by atoms with Crippen LogP contribution in [0, 0.1) is 0 Å². The molecule has 1 rings (SSSR count). The molecule has 3 heteroatoms. The van der Waals surface area contributed by atoms with E-state index >= 15 is 0 Å². The summed E-state index contributed by atoms with van der Waals surface area (Å²) in [6.45, 7) is 2.14. The van der Waals surface area contributed by atoms with Crippen molar-refractivity contribution >= 4 is 11.8 Å². The molecule has 3 nitrogen and oxygen atoms in total. The Morgan fingerprint density at radius 1 is 1.00 bits per heavy atom. The first-order valence-electron chi connectivity index (χ1n) is 6.97. The molecule has 1 aromatic carbocycles. The number of unbranched alkanes of at least 4 members (excludes halogenated alkanes) is 2. The van der Waals surface area contributed by atoms with Crippen molar-refractivity contribution in [2.24, 2.45) is 0 Å². The third kappa shape index (κ3) is 6.18. The first-order valence-corrected chi connectivity index (χ1v) is 6.97. The normalized spacial score (nSPS) is 10.4. The minimum Gasteiger partial charge on any atom is -0.481 e. The lowest BCUT2D eigenvalue weighted by Gasteiger charge is -2.03. The number of carbonyl (C=O) groups excluding carboxylic acids is 1. The van der Waals surface area contributed by atoms with E-state index in [1.807, 2.05) is 24.3 Å². The van der Waals surface area contributed by atoms with Gasteiger partial charge in [0.15, 0.2) is 5.78 Å². The molecule has 0 fully saturated rings. The topological polar surface area (TPSA) is 54.4 Å². The molecule has 1 N–H and O–H groups in total. The summed E-state index contributed by atoms with van der Waals surface area (Å²) in [5.41, 5.74) is 2.03. The van der Waals surface area contributed by atoms with Crippen LogP contribution in [0.15, 0.2) is 24.3 Å². The third-order valence-corrected chi connectivity index (χ3v) is 3.11. The highest BCUT2D eigenvalue weighted by Crippen LogP contribution is 2.11. The van der Waals surface area contributed by atoms with Crippen LogP contribution >= 0.6 is 0 Å². The summed E-state index contributed by atoms with van der Waals surface area (Å²) in [5.74, 6) is -0.615. The van der Waals surface area contributed by atoms with Gasteiger partial charge < -0.3 is 5.11 Å². The number of aryl methyl sites for hydroxylation is 1. The van der Waals surface area contributed by atoms with Crippen LogP contribution < -0.4 is 0 Å². The van der Waals surface area contributed by atoms with Crippen molar-refractivity contribution in [3.05, 3.63) is 35.4 Å². The van der Waals surface area contributed by atoms with Gasteiger partial charge in [0.25, 0.3) is 0 Å². The zero-order valence-electron chi connectivity index (χ0n) is 11.5. The number of benzene rings is 1. The molecule has 0 aromatic heterocycles. The van der Waals surface area contributed by atoms with Crippen molar-refractivity contribution in [2.45, 2.75) is 51.9 Å². The van der Waals surface area contributed by atoms with Crippen molar-refractivity contribution in [1.29, 1.82) is 0 Å². The van der Waals surface area contributed by atoms with Crippen molar-refractivity contribution in [3.63, 3.8) is 0 Å². The first-order chi connectivity index (χ1) is 9.13. The van der Waals surface area contributed by atoms with Gasteiger partial charge in [0.05, 0.1) is 0 Å². The summed E-state index contributed by atoms with van der Waals surface area (Å²) < 4.78 is 0. The van der Waals surface area contributed by atoms with E-state index < -0.39 is 5.97 Å². The maximum atomic E-state index is 11.9. The molecule has 19 heavy (non-hydrogen) atoms. The SMILES string of the molecule is CCCc1ccc(C(=O)CCCCCC(=O)O)cc1. The Bertz CT molecular complexity index is 407. The number of carboxylic acids is 1. The van der Waals surface area contributed by atoms with E-state index in [9.17, 15) is 9.59 Å². The number of Topliss-reactive ketones (excluding diaryl/α,β-unsaturated/α-hetero) is 1. The van der Waals surface area contributed by atoms with E-state index in [4.69, 9.17) is 5.11 Å². The molecular formula is C16H22O3. The summed E-state index contributed by atoms with van der Waals surface area (Å²) in [6, 6.07) is 7.82. The van der Waals surface area contributed by atoms with Gasteiger partial charge in [-0.25, -0.2) is 0 Å². The molecule has 0 amide bonds. The first kappa shape index (κ1) is 15.4. The van der Waals surface area contributed by atoms with Gasteiger partial charge in [-0.2, -0.15) is 0 Å². The van der Waals surface area contributed by atoms with Gasteiger partial charge in [-0.3, -0.25) is 9.59 Å². The van der Waals surface area contributed by atoms with Gasteiger partial charge in [-0.1, -0.05) is 44.0 Å². The van der Waals surface area contributed by atoms with Gasteiger partial charge >= 0.3 is 5.97 Å². The molecule has 0 unspecified atom stereocenters. The summed E-state index contributed by atoms with van der Waals surface area (Å²) in [6.07, 6.45) is 5.07. The summed E-state index contributed by atoms with van der Waals surface area (Å²) >= 11 is 0. The molecular weight excluding hydrogens is 240 g/mol. The van der Waals surface area contributed by atoms with Gasteiger partial charge in [-0.15, -0.1) is 0 Å². The number of hydrogen-bond acceptors (Lipinski definition) is 2. The van der Waals surface area contributed by atoms with Gasteiger partial charge in [0.1, 0.15) is 0 Å². The van der Waals surface area contributed by atoms with E-state index in [-0.39, 0.29) is 12.2 Å². The molecule has 0 heterocycles. The van der Waals surface area contributed by atoms with Crippen LogP contribution in [-0.4, -0.2) is 16.9 Å². The van der Waals surface area contributed by atoms with Gasteiger partial charge in [0, 0.05) is 18.4 Å². The second-order valence-corrected chi connectivity index (χ2v) is 4.82. The monoisotopic (exact) mass is 262 g/mol. The Hall–Kier alpha value is -1.64. The molecule has 0 saturated heterocycles. The molecule has 1 aromatic rings. The standard InChI is InChI=1S/C16H22O3/c1-2-6-13-9-11-14(12-10-13)15(17)7-4-3-5-8-16(18)19/h9-12H,2-8H2,1H3,(H,18,19). The fraction of sp³-hybridized carbons (Fsp3) is 0.500. The van der Waals surface area contributed by atoms with Crippen LogP contribution in [0.5, 0.6) is 0 Å². The van der Waals surface area contributed by atoms with Crippen LogP contribution in [0.25, 0.3) is 0 Å². The molecule has 0 bridgehead atoms. The van der Waals surface area contributed by atoms with Crippen LogP contribution in [0.1, 0.15) is 61.4 Å². The van der Waals surface area contributed by atoms with E-state index in [0.717, 1.165) is 31.2 Å². The molecule has 104 valence electrons. The zero-order chi connectivity index (χ0) is 14.1. The number of ketones is 1. The van der Waals surface area contributed by atoms with E-state index in [1.54, 1.807) is 0 Å². The number of aliphatic carboxylic acids is 1. The number of hydrogen-bond donors (Lipinski definition) is 1. The lowest BCUT2D eigenvalue weighted by atomic mass is 10.0. The average Bonchev–Trinajstić information content (AvgIpc) is 2.39. The molecule has 0 radical (unpaired) electrons. The molecule has 0 aliphatic carbocycles. The zero-order valence-corrected chi connectivity index (χ0v) is 11.5. The second kappa shape index (κ2) is 8.46. The van der Waals surface area contributed by atoms with Crippen molar-refractivity contribution < 1.29 is 14.7 Å². The Morgan fingerprint density at radius 2 is 1.63 bits per heavy atom. The lowest BCUT2D eigenvalue weighted by molar-refractivity contribution is -0.137. The number of rotatable bonds is 9. The van der Waals surface area contributed by atoms with Gasteiger partial charge in [-0.05, 0) is 24.8 Å². The Balaban J connectivity index is 2.30. The Morgan fingerprint density at radius 3 is 2.21 bits per heavy atom. The van der Waals surface area contributed by atoms with Crippen LogP contribution in [0.3, 0.4) is 0 Å². The molecule has 0 aliphatic heterocycles. The van der Waals surface area contributed by atoms with Crippen LogP contribution in [-0.2, 0) is 11.2 Å². The van der Waals surface area contributed by atoms with Crippen LogP contribution in [0.2, 0.25) is 0 Å². The predicted molar refractivity (Wildman–Crippen MR) is 75.5 cm³/mol. The summed E-state index contributed by atoms with van der Waals surface area (Å²) in [7, 11) is 0. The quantitative estimate of drug-likeness (QED) is 0.543. The van der Waals surface area contributed by atoms with E-state index in [0.29, 0.717) is 12.8 Å². The van der Waals surface area contributed by atoms with Crippen molar-refractivity contribution in [1.82, 2.24) is 0 Å².